The molecule has 0 aliphatic carbocycles. The van der Waals surface area contributed by atoms with Crippen molar-refractivity contribution in [3.8, 4) is 5.75 Å². The van der Waals surface area contributed by atoms with E-state index in [2.05, 4.69) is 16.8 Å². The van der Waals surface area contributed by atoms with Gasteiger partial charge < -0.3 is 10.5 Å². The molecule has 1 heterocycles. The van der Waals surface area contributed by atoms with E-state index in [1.54, 1.807) is 29.5 Å². The van der Waals surface area contributed by atoms with Crippen molar-refractivity contribution in [2.24, 2.45) is 5.73 Å². The van der Waals surface area contributed by atoms with Gasteiger partial charge in [0.1, 0.15) is 10.7 Å². The van der Waals surface area contributed by atoms with Crippen molar-refractivity contribution in [3.63, 3.8) is 0 Å². The highest BCUT2D eigenvalue weighted by molar-refractivity contribution is 7.80. The SMILES string of the molecule is NC(=S)c1ccc(Cl)cc1OCCc1ccsc1. The molecule has 0 aliphatic heterocycles. The van der Waals surface area contributed by atoms with E-state index in [1.165, 1.54) is 5.56 Å². The Morgan fingerprint density at radius 1 is 1.39 bits per heavy atom. The van der Waals surface area contributed by atoms with Gasteiger partial charge in [-0.3, -0.25) is 0 Å². The standard InChI is InChI=1S/C13H12ClNOS2/c14-10-1-2-11(13(15)17)12(7-10)16-5-3-9-4-6-18-8-9/h1-2,4,6-8H,3,5H2,(H2,15,17). The molecule has 0 saturated heterocycles. The minimum atomic E-state index is 0.317. The van der Waals surface area contributed by atoms with Crippen molar-refractivity contribution in [1.29, 1.82) is 0 Å². The third kappa shape index (κ3) is 3.45. The second-order valence-corrected chi connectivity index (χ2v) is 5.39. The van der Waals surface area contributed by atoms with Crippen LogP contribution in [0.4, 0.5) is 0 Å². The van der Waals surface area contributed by atoms with Gasteiger partial charge in [-0.2, -0.15) is 11.3 Å². The van der Waals surface area contributed by atoms with Crippen LogP contribution < -0.4 is 10.5 Å². The van der Waals surface area contributed by atoms with Gasteiger partial charge in [-0.1, -0.05) is 23.8 Å². The first kappa shape index (κ1) is 13.3. The van der Waals surface area contributed by atoms with Crippen molar-refractivity contribution in [3.05, 3.63) is 51.2 Å². The first-order valence-corrected chi connectivity index (χ1v) is 7.13. The zero-order chi connectivity index (χ0) is 13.0. The maximum Gasteiger partial charge on any atom is 0.130 e. The first-order chi connectivity index (χ1) is 8.66. The van der Waals surface area contributed by atoms with E-state index in [1.807, 2.05) is 0 Å². The molecule has 1 aromatic carbocycles. The van der Waals surface area contributed by atoms with Crippen LogP contribution in [0.5, 0.6) is 5.75 Å². The Bertz CT molecular complexity index is 540. The number of benzene rings is 1. The van der Waals surface area contributed by atoms with E-state index in [0.29, 0.717) is 22.4 Å². The summed E-state index contributed by atoms with van der Waals surface area (Å²) in [6, 6.07) is 7.36. The van der Waals surface area contributed by atoms with Crippen LogP contribution in [0.25, 0.3) is 0 Å². The van der Waals surface area contributed by atoms with E-state index >= 15 is 0 Å². The second-order valence-electron chi connectivity index (χ2n) is 3.73. The van der Waals surface area contributed by atoms with E-state index < -0.39 is 0 Å². The number of hydrogen-bond acceptors (Lipinski definition) is 3. The van der Waals surface area contributed by atoms with Crippen LogP contribution in [0.15, 0.2) is 35.0 Å². The number of ether oxygens (including phenoxy) is 1. The Kier molecular flexibility index (Phi) is 4.58. The van der Waals surface area contributed by atoms with Crippen molar-refractivity contribution in [2.75, 3.05) is 6.61 Å². The van der Waals surface area contributed by atoms with Gasteiger partial charge >= 0.3 is 0 Å². The van der Waals surface area contributed by atoms with E-state index in [0.717, 1.165) is 12.0 Å². The molecule has 1 aromatic heterocycles. The highest BCUT2D eigenvalue weighted by Gasteiger charge is 2.07. The number of thiophene rings is 1. The summed E-state index contributed by atoms with van der Waals surface area (Å²) in [7, 11) is 0. The van der Waals surface area contributed by atoms with Gasteiger partial charge in [-0.05, 0) is 40.6 Å². The molecule has 0 spiro atoms. The highest BCUT2D eigenvalue weighted by atomic mass is 35.5. The van der Waals surface area contributed by atoms with Crippen molar-refractivity contribution in [1.82, 2.24) is 0 Å². The number of nitrogens with two attached hydrogens (primary N) is 1. The molecular weight excluding hydrogens is 286 g/mol. The monoisotopic (exact) mass is 297 g/mol. The molecule has 18 heavy (non-hydrogen) atoms. The molecule has 2 aromatic rings. The number of rotatable bonds is 5. The molecule has 0 unspecified atom stereocenters. The topological polar surface area (TPSA) is 35.2 Å². The van der Waals surface area contributed by atoms with Gasteiger partial charge in [0.2, 0.25) is 0 Å². The lowest BCUT2D eigenvalue weighted by Gasteiger charge is -2.10. The predicted octanol–water partition coefficient (Wildman–Crippen LogP) is 3.66. The molecule has 0 amide bonds. The van der Waals surface area contributed by atoms with Gasteiger partial charge in [0, 0.05) is 11.4 Å². The van der Waals surface area contributed by atoms with Crippen molar-refractivity contribution < 1.29 is 4.74 Å². The van der Waals surface area contributed by atoms with Crippen molar-refractivity contribution >= 4 is 40.1 Å². The summed E-state index contributed by atoms with van der Waals surface area (Å²) in [6.07, 6.45) is 0.854. The van der Waals surface area contributed by atoms with E-state index in [4.69, 9.17) is 34.3 Å². The molecule has 0 radical (unpaired) electrons. The summed E-state index contributed by atoms with van der Waals surface area (Å²) >= 11 is 12.6. The molecular formula is C13H12ClNOS2. The zero-order valence-corrected chi connectivity index (χ0v) is 11.9. The predicted molar refractivity (Wildman–Crippen MR) is 80.9 cm³/mol. The van der Waals surface area contributed by atoms with Gasteiger partial charge in [0.25, 0.3) is 0 Å². The molecule has 2 N–H and O–H groups in total. The fourth-order valence-electron chi connectivity index (χ4n) is 1.53. The molecule has 5 heteroatoms. The number of halogens is 1. The van der Waals surface area contributed by atoms with Crippen LogP contribution in [0.2, 0.25) is 5.02 Å². The van der Waals surface area contributed by atoms with Gasteiger partial charge in [0.05, 0.1) is 12.2 Å². The summed E-state index contributed by atoms with van der Waals surface area (Å²) in [5.74, 6) is 0.644. The second kappa shape index (κ2) is 6.18. The minimum absolute atomic E-state index is 0.317. The lowest BCUT2D eigenvalue weighted by Crippen LogP contribution is -2.12. The van der Waals surface area contributed by atoms with Crippen LogP contribution in [0.3, 0.4) is 0 Å². The molecule has 0 atom stereocenters. The minimum Gasteiger partial charge on any atom is -0.492 e. The number of hydrogen-bond donors (Lipinski definition) is 1. The van der Waals surface area contributed by atoms with Crippen LogP contribution in [0, 0.1) is 0 Å². The normalized spacial score (nSPS) is 10.3. The fraction of sp³-hybridized carbons (Fsp3) is 0.154. The quantitative estimate of drug-likeness (QED) is 0.856. The summed E-state index contributed by atoms with van der Waals surface area (Å²) in [6.45, 7) is 0.576. The zero-order valence-electron chi connectivity index (χ0n) is 9.56. The Morgan fingerprint density at radius 2 is 2.22 bits per heavy atom. The molecule has 2 rings (SSSR count). The Morgan fingerprint density at radius 3 is 2.89 bits per heavy atom. The lowest BCUT2D eigenvalue weighted by molar-refractivity contribution is 0.321. The average molecular weight is 298 g/mol. The summed E-state index contributed by atoms with van der Waals surface area (Å²) in [5, 5.41) is 4.77. The first-order valence-electron chi connectivity index (χ1n) is 5.40. The molecule has 0 fully saturated rings. The summed E-state index contributed by atoms with van der Waals surface area (Å²) in [5.41, 5.74) is 7.63. The van der Waals surface area contributed by atoms with Crippen molar-refractivity contribution in [2.45, 2.75) is 6.42 Å². The third-order valence-corrected chi connectivity index (χ3v) is 3.62. The van der Waals surface area contributed by atoms with Crippen LogP contribution in [0.1, 0.15) is 11.1 Å². The Hall–Kier alpha value is -1.10. The van der Waals surface area contributed by atoms with Crippen LogP contribution in [-0.2, 0) is 6.42 Å². The Balaban J connectivity index is 2.03. The molecule has 2 nitrogen and oxygen atoms in total. The van der Waals surface area contributed by atoms with E-state index in [-0.39, 0.29) is 0 Å². The van der Waals surface area contributed by atoms with Crippen LogP contribution in [-0.4, -0.2) is 11.6 Å². The maximum absolute atomic E-state index is 5.94. The third-order valence-electron chi connectivity index (χ3n) is 2.44. The molecule has 94 valence electrons. The largest absolute Gasteiger partial charge is 0.492 e. The highest BCUT2D eigenvalue weighted by Crippen LogP contribution is 2.23. The Labute approximate surface area is 120 Å². The maximum atomic E-state index is 5.94. The van der Waals surface area contributed by atoms with Gasteiger partial charge in [-0.15, -0.1) is 0 Å². The summed E-state index contributed by atoms with van der Waals surface area (Å²) < 4.78 is 5.71. The fourth-order valence-corrected chi connectivity index (χ4v) is 2.57. The molecule has 0 bridgehead atoms. The van der Waals surface area contributed by atoms with E-state index in [9.17, 15) is 0 Å². The average Bonchev–Trinajstić information content (AvgIpc) is 2.82. The van der Waals surface area contributed by atoms with Gasteiger partial charge in [-0.25, -0.2) is 0 Å². The molecule has 0 saturated carbocycles. The lowest BCUT2D eigenvalue weighted by atomic mass is 10.2. The smallest absolute Gasteiger partial charge is 0.130 e. The molecule has 0 aliphatic rings. The van der Waals surface area contributed by atoms with Gasteiger partial charge in [0.15, 0.2) is 0 Å². The summed E-state index contributed by atoms with van der Waals surface area (Å²) in [4.78, 5) is 0.317. The number of thiocarbonyl (C=S) groups is 1. The van der Waals surface area contributed by atoms with Crippen LogP contribution >= 0.6 is 35.2 Å².